The second kappa shape index (κ2) is 13.8. The number of nitrogens with one attached hydrogen (secondary N) is 2. The summed E-state index contributed by atoms with van der Waals surface area (Å²) in [6, 6.07) is 12.9. The van der Waals surface area contributed by atoms with Gasteiger partial charge >= 0.3 is 6.61 Å². The number of nitrogens with zero attached hydrogens (tertiary/aromatic N) is 1. The Hall–Kier alpha value is -2.30. The van der Waals surface area contributed by atoms with E-state index in [-0.39, 0.29) is 42.0 Å². The predicted octanol–water partition coefficient (Wildman–Crippen LogP) is 4.22. The summed E-state index contributed by atoms with van der Waals surface area (Å²) in [5, 5.41) is 6.31. The zero-order valence-corrected chi connectivity index (χ0v) is 19.6. The van der Waals surface area contributed by atoms with Gasteiger partial charge in [-0.15, -0.1) is 24.0 Å². The average molecular weight is 535 g/mol. The van der Waals surface area contributed by atoms with Gasteiger partial charge in [0, 0.05) is 25.7 Å². The fraction of sp³-hybridized carbons (Fsp3) is 0.381. The van der Waals surface area contributed by atoms with E-state index in [1.54, 1.807) is 39.3 Å². The Morgan fingerprint density at radius 1 is 1.13 bits per heavy atom. The maximum absolute atomic E-state index is 12.8. The molecule has 30 heavy (non-hydrogen) atoms. The van der Waals surface area contributed by atoms with E-state index in [1.165, 1.54) is 0 Å². The molecule has 2 N–H and O–H groups in total. The van der Waals surface area contributed by atoms with Crippen molar-refractivity contribution >= 4 is 29.9 Å². The predicted molar refractivity (Wildman–Crippen MR) is 125 cm³/mol. The molecule has 0 aliphatic heterocycles. The van der Waals surface area contributed by atoms with Crippen molar-refractivity contribution in [2.24, 2.45) is 4.99 Å². The molecule has 166 valence electrons. The monoisotopic (exact) mass is 535 g/mol. The molecule has 2 aromatic rings. The maximum atomic E-state index is 12.8. The van der Waals surface area contributed by atoms with Crippen molar-refractivity contribution in [3.05, 3.63) is 53.6 Å². The lowest BCUT2D eigenvalue weighted by Crippen LogP contribution is -2.38. The van der Waals surface area contributed by atoms with Crippen molar-refractivity contribution in [2.45, 2.75) is 26.5 Å². The van der Waals surface area contributed by atoms with Gasteiger partial charge in [-0.25, -0.2) is 0 Å². The molecule has 0 atom stereocenters. The zero-order valence-electron chi connectivity index (χ0n) is 17.3. The summed E-state index contributed by atoms with van der Waals surface area (Å²) in [4.78, 5) is 4.17. The molecule has 0 saturated heterocycles. The Morgan fingerprint density at radius 2 is 1.90 bits per heavy atom. The highest BCUT2D eigenvalue weighted by Crippen LogP contribution is 2.32. The molecular formula is C21H28F2IN3O3. The first-order valence-corrected chi connectivity index (χ1v) is 9.34. The first kappa shape index (κ1) is 25.7. The average Bonchev–Trinajstić information content (AvgIpc) is 2.72. The summed E-state index contributed by atoms with van der Waals surface area (Å²) < 4.78 is 41.0. The van der Waals surface area contributed by atoms with Crippen LogP contribution in [-0.4, -0.2) is 39.9 Å². The Morgan fingerprint density at radius 3 is 2.57 bits per heavy atom. The summed E-state index contributed by atoms with van der Waals surface area (Å²) in [6.07, 6.45) is 0.775. The van der Waals surface area contributed by atoms with Gasteiger partial charge in [0.15, 0.2) is 17.5 Å². The number of aliphatic imine (C=N–C) groups is 1. The van der Waals surface area contributed by atoms with Gasteiger partial charge in [-0.3, -0.25) is 4.99 Å². The lowest BCUT2D eigenvalue weighted by atomic mass is 10.1. The minimum atomic E-state index is -2.93. The fourth-order valence-corrected chi connectivity index (χ4v) is 2.75. The number of alkyl halides is 2. The molecule has 0 unspecified atom stereocenters. The standard InChI is InChI=1S/C21H27F2N3O3.HI/c1-4-28-18-10-6-8-16(19(18)29-20(22)23)14-26-21(24-2)25-12-11-15-7-5-9-17(13-15)27-3;/h5-10,13,20H,4,11-12,14H2,1-3H3,(H2,24,25,26);1H. The number of hydrogen-bond acceptors (Lipinski definition) is 4. The van der Waals surface area contributed by atoms with E-state index in [0.717, 1.165) is 17.7 Å². The molecule has 0 fully saturated rings. The summed E-state index contributed by atoms with van der Waals surface area (Å²) in [7, 11) is 3.28. The molecule has 0 saturated carbocycles. The van der Waals surface area contributed by atoms with Gasteiger partial charge < -0.3 is 24.8 Å². The fourth-order valence-electron chi connectivity index (χ4n) is 2.75. The highest BCUT2D eigenvalue weighted by Gasteiger charge is 2.16. The van der Waals surface area contributed by atoms with Crippen LogP contribution in [-0.2, 0) is 13.0 Å². The van der Waals surface area contributed by atoms with Gasteiger partial charge in [0.05, 0.1) is 13.7 Å². The van der Waals surface area contributed by atoms with Crippen molar-refractivity contribution < 1.29 is 23.0 Å². The topological polar surface area (TPSA) is 64.1 Å². The van der Waals surface area contributed by atoms with E-state index in [1.807, 2.05) is 24.3 Å². The molecule has 0 bridgehead atoms. The minimum Gasteiger partial charge on any atom is -0.497 e. The van der Waals surface area contributed by atoms with Crippen molar-refractivity contribution in [3.63, 3.8) is 0 Å². The number of guanidine groups is 1. The van der Waals surface area contributed by atoms with E-state index in [9.17, 15) is 8.78 Å². The van der Waals surface area contributed by atoms with Crippen LogP contribution in [0.15, 0.2) is 47.5 Å². The van der Waals surface area contributed by atoms with Gasteiger partial charge in [-0.2, -0.15) is 8.78 Å². The summed E-state index contributed by atoms with van der Waals surface area (Å²) in [5.41, 5.74) is 1.68. The van der Waals surface area contributed by atoms with Crippen LogP contribution in [0.2, 0.25) is 0 Å². The SMILES string of the molecule is CCOc1cccc(CNC(=NC)NCCc2cccc(OC)c2)c1OC(F)F.I. The van der Waals surface area contributed by atoms with E-state index in [4.69, 9.17) is 9.47 Å². The van der Waals surface area contributed by atoms with Gasteiger partial charge in [0.2, 0.25) is 0 Å². The molecule has 0 radical (unpaired) electrons. The highest BCUT2D eigenvalue weighted by atomic mass is 127. The Bertz CT molecular complexity index is 807. The van der Waals surface area contributed by atoms with Gasteiger partial charge in [-0.05, 0) is 37.1 Å². The normalized spacial score (nSPS) is 10.9. The summed E-state index contributed by atoms with van der Waals surface area (Å²) in [5.74, 6) is 1.68. The number of halogens is 3. The second-order valence-corrected chi connectivity index (χ2v) is 6.01. The summed E-state index contributed by atoms with van der Waals surface area (Å²) in [6.45, 7) is 0.0963. The van der Waals surface area contributed by atoms with Crippen molar-refractivity contribution in [3.8, 4) is 17.2 Å². The third-order valence-corrected chi connectivity index (χ3v) is 4.08. The van der Waals surface area contributed by atoms with E-state index in [0.29, 0.717) is 24.7 Å². The van der Waals surface area contributed by atoms with Crippen molar-refractivity contribution in [2.75, 3.05) is 27.3 Å². The van der Waals surface area contributed by atoms with Crippen molar-refractivity contribution in [1.29, 1.82) is 0 Å². The third-order valence-electron chi connectivity index (χ3n) is 4.08. The molecule has 0 amide bonds. The van der Waals surface area contributed by atoms with Gasteiger partial charge in [0.25, 0.3) is 0 Å². The quantitative estimate of drug-likeness (QED) is 0.271. The van der Waals surface area contributed by atoms with Crippen LogP contribution in [0.1, 0.15) is 18.1 Å². The van der Waals surface area contributed by atoms with Crippen LogP contribution in [0.3, 0.4) is 0 Å². The van der Waals surface area contributed by atoms with Crippen LogP contribution in [0.25, 0.3) is 0 Å². The largest absolute Gasteiger partial charge is 0.497 e. The molecular weight excluding hydrogens is 507 g/mol. The smallest absolute Gasteiger partial charge is 0.387 e. The molecule has 0 aliphatic rings. The molecule has 6 nitrogen and oxygen atoms in total. The Labute approximate surface area is 193 Å². The Balaban J connectivity index is 0.00000450. The minimum absolute atomic E-state index is 0. The molecule has 2 rings (SSSR count). The molecule has 0 aliphatic carbocycles. The molecule has 0 aromatic heterocycles. The maximum Gasteiger partial charge on any atom is 0.387 e. The van der Waals surface area contributed by atoms with Gasteiger partial charge in [0.1, 0.15) is 5.75 Å². The van der Waals surface area contributed by atoms with Crippen LogP contribution in [0.4, 0.5) is 8.78 Å². The Kier molecular flexibility index (Phi) is 11.9. The first-order chi connectivity index (χ1) is 14.1. The second-order valence-electron chi connectivity index (χ2n) is 6.01. The number of methoxy groups -OCH3 is 1. The van der Waals surface area contributed by atoms with Crippen molar-refractivity contribution in [1.82, 2.24) is 10.6 Å². The van der Waals surface area contributed by atoms with Crippen LogP contribution >= 0.6 is 24.0 Å². The molecule has 0 spiro atoms. The van der Waals surface area contributed by atoms with Gasteiger partial charge in [-0.1, -0.05) is 24.3 Å². The number of para-hydroxylation sites is 1. The zero-order chi connectivity index (χ0) is 21.1. The molecule has 2 aromatic carbocycles. The van der Waals surface area contributed by atoms with Crippen LogP contribution in [0.5, 0.6) is 17.2 Å². The molecule has 9 heteroatoms. The first-order valence-electron chi connectivity index (χ1n) is 9.34. The lowest BCUT2D eigenvalue weighted by Gasteiger charge is -2.17. The number of hydrogen-bond donors (Lipinski definition) is 2. The van der Waals surface area contributed by atoms with Crippen LogP contribution < -0.4 is 24.8 Å². The van der Waals surface area contributed by atoms with E-state index >= 15 is 0 Å². The lowest BCUT2D eigenvalue weighted by molar-refractivity contribution is -0.0520. The van der Waals surface area contributed by atoms with Crippen LogP contribution in [0, 0.1) is 0 Å². The molecule has 0 heterocycles. The number of benzene rings is 2. The van der Waals surface area contributed by atoms with E-state index in [2.05, 4.69) is 20.4 Å². The van der Waals surface area contributed by atoms with E-state index < -0.39 is 6.61 Å². The number of ether oxygens (including phenoxy) is 3. The number of rotatable bonds is 10. The third kappa shape index (κ3) is 8.21. The highest BCUT2D eigenvalue weighted by molar-refractivity contribution is 14.0. The summed E-state index contributed by atoms with van der Waals surface area (Å²) >= 11 is 0.